The van der Waals surface area contributed by atoms with Crippen LogP contribution in [0.15, 0.2) is 82.8 Å². The van der Waals surface area contributed by atoms with Crippen LogP contribution in [0.3, 0.4) is 0 Å². The van der Waals surface area contributed by atoms with E-state index in [0.717, 1.165) is 26.7 Å². The fourth-order valence-electron chi connectivity index (χ4n) is 3.07. The molecule has 0 atom stereocenters. The highest BCUT2D eigenvalue weighted by molar-refractivity contribution is 7.99. The maximum atomic E-state index is 12.8. The smallest absolute Gasteiger partial charge is 0.252 e. The van der Waals surface area contributed by atoms with Crippen LogP contribution in [0, 0.1) is 18.3 Å². The van der Waals surface area contributed by atoms with Crippen molar-refractivity contribution in [2.45, 2.75) is 23.3 Å². The van der Waals surface area contributed by atoms with Crippen LogP contribution in [0.5, 0.6) is 0 Å². The molecule has 0 unspecified atom stereocenters. The average Bonchev–Trinajstić information content (AvgIpc) is 3.17. The standard InChI is InChI=1S/C23H18N4OS/c1-16-7-6-12-27-15-18(26-22(16)27)14-25-23(28)19-9-3-5-11-21(19)29-20-10-4-2-8-17(20)13-24/h2-12,15H,14H2,1H3,(H,25,28). The second-order valence-corrected chi connectivity index (χ2v) is 7.63. The van der Waals surface area contributed by atoms with Crippen molar-refractivity contribution in [1.82, 2.24) is 14.7 Å². The first-order valence-electron chi connectivity index (χ1n) is 9.13. The van der Waals surface area contributed by atoms with Crippen LogP contribution < -0.4 is 5.32 Å². The molecule has 5 nitrogen and oxygen atoms in total. The number of fused-ring (bicyclic) bond motifs is 1. The van der Waals surface area contributed by atoms with Gasteiger partial charge < -0.3 is 9.72 Å². The predicted octanol–water partition coefficient (Wildman–Crippen LogP) is 4.60. The van der Waals surface area contributed by atoms with Crippen LogP contribution in [0.4, 0.5) is 0 Å². The highest BCUT2D eigenvalue weighted by atomic mass is 32.2. The number of amides is 1. The van der Waals surface area contributed by atoms with E-state index in [-0.39, 0.29) is 5.91 Å². The number of carbonyl (C=O) groups is 1. The van der Waals surface area contributed by atoms with E-state index in [2.05, 4.69) is 16.4 Å². The summed E-state index contributed by atoms with van der Waals surface area (Å²) in [6.07, 6.45) is 3.87. The molecule has 0 saturated heterocycles. The van der Waals surface area contributed by atoms with Crippen molar-refractivity contribution in [1.29, 1.82) is 5.26 Å². The summed E-state index contributed by atoms with van der Waals surface area (Å²) in [5.41, 5.74) is 3.94. The summed E-state index contributed by atoms with van der Waals surface area (Å²) < 4.78 is 1.96. The van der Waals surface area contributed by atoms with Crippen molar-refractivity contribution in [3.05, 3.63) is 95.4 Å². The first-order chi connectivity index (χ1) is 14.2. The maximum Gasteiger partial charge on any atom is 0.252 e. The van der Waals surface area contributed by atoms with E-state index >= 15 is 0 Å². The van der Waals surface area contributed by atoms with E-state index in [0.29, 0.717) is 17.7 Å². The molecular weight excluding hydrogens is 380 g/mol. The first-order valence-corrected chi connectivity index (χ1v) is 9.95. The lowest BCUT2D eigenvalue weighted by Crippen LogP contribution is -2.23. The van der Waals surface area contributed by atoms with Crippen molar-refractivity contribution in [2.75, 3.05) is 0 Å². The molecule has 4 aromatic rings. The summed E-state index contributed by atoms with van der Waals surface area (Å²) in [4.78, 5) is 19.1. The van der Waals surface area contributed by atoms with Gasteiger partial charge in [0.2, 0.25) is 0 Å². The zero-order chi connectivity index (χ0) is 20.2. The van der Waals surface area contributed by atoms with E-state index < -0.39 is 0 Å². The van der Waals surface area contributed by atoms with Crippen LogP contribution in [0.2, 0.25) is 0 Å². The summed E-state index contributed by atoms with van der Waals surface area (Å²) in [6.45, 7) is 2.35. The number of carbonyl (C=O) groups excluding carboxylic acids is 1. The normalized spacial score (nSPS) is 10.6. The van der Waals surface area contributed by atoms with Gasteiger partial charge in [0.25, 0.3) is 5.91 Å². The maximum absolute atomic E-state index is 12.8. The van der Waals surface area contributed by atoms with Crippen LogP contribution in [-0.4, -0.2) is 15.3 Å². The van der Waals surface area contributed by atoms with Gasteiger partial charge in [-0.25, -0.2) is 4.98 Å². The monoisotopic (exact) mass is 398 g/mol. The molecule has 0 aliphatic rings. The van der Waals surface area contributed by atoms with Gasteiger partial charge in [0.05, 0.1) is 23.4 Å². The van der Waals surface area contributed by atoms with Crippen molar-refractivity contribution in [2.24, 2.45) is 0 Å². The highest BCUT2D eigenvalue weighted by Crippen LogP contribution is 2.32. The van der Waals surface area contributed by atoms with Crippen LogP contribution in [-0.2, 0) is 6.54 Å². The molecule has 1 N–H and O–H groups in total. The Morgan fingerprint density at radius 1 is 1.10 bits per heavy atom. The van der Waals surface area contributed by atoms with Gasteiger partial charge in [-0.2, -0.15) is 5.26 Å². The van der Waals surface area contributed by atoms with Crippen LogP contribution >= 0.6 is 11.8 Å². The predicted molar refractivity (Wildman–Crippen MR) is 113 cm³/mol. The number of benzene rings is 2. The molecule has 6 heteroatoms. The second-order valence-electron chi connectivity index (χ2n) is 6.54. The zero-order valence-electron chi connectivity index (χ0n) is 15.8. The lowest BCUT2D eigenvalue weighted by atomic mass is 10.2. The highest BCUT2D eigenvalue weighted by Gasteiger charge is 2.14. The van der Waals surface area contributed by atoms with Crippen molar-refractivity contribution >= 4 is 23.3 Å². The van der Waals surface area contributed by atoms with E-state index in [4.69, 9.17) is 0 Å². The summed E-state index contributed by atoms with van der Waals surface area (Å²) in [5.74, 6) is -0.170. The van der Waals surface area contributed by atoms with Gasteiger partial charge in [0.15, 0.2) is 0 Å². The Kier molecular flexibility index (Phi) is 5.32. The fraction of sp³-hybridized carbons (Fsp3) is 0.0870. The number of pyridine rings is 1. The molecule has 2 aromatic carbocycles. The van der Waals surface area contributed by atoms with Crippen LogP contribution in [0.1, 0.15) is 27.2 Å². The Morgan fingerprint density at radius 3 is 2.66 bits per heavy atom. The van der Waals surface area contributed by atoms with Crippen molar-refractivity contribution in [3.8, 4) is 6.07 Å². The largest absolute Gasteiger partial charge is 0.346 e. The molecule has 0 bridgehead atoms. The Bertz CT molecular complexity index is 1240. The molecule has 2 aromatic heterocycles. The van der Waals surface area contributed by atoms with Crippen molar-refractivity contribution in [3.63, 3.8) is 0 Å². The minimum Gasteiger partial charge on any atom is -0.346 e. The molecule has 4 rings (SSSR count). The number of nitriles is 1. The molecule has 0 fully saturated rings. The number of nitrogens with one attached hydrogen (secondary N) is 1. The van der Waals surface area contributed by atoms with Crippen LogP contribution in [0.25, 0.3) is 5.65 Å². The fourth-order valence-corrected chi connectivity index (χ4v) is 4.09. The van der Waals surface area contributed by atoms with E-state index in [1.54, 1.807) is 12.1 Å². The third kappa shape index (κ3) is 4.00. The average molecular weight is 398 g/mol. The molecule has 0 saturated carbocycles. The summed E-state index contributed by atoms with van der Waals surface area (Å²) in [6, 6.07) is 21.0. The number of imidazole rings is 1. The molecule has 0 spiro atoms. The van der Waals surface area contributed by atoms with Gasteiger partial charge in [0, 0.05) is 22.2 Å². The second kappa shape index (κ2) is 8.21. The van der Waals surface area contributed by atoms with Gasteiger partial charge in [-0.1, -0.05) is 42.1 Å². The molecule has 142 valence electrons. The Morgan fingerprint density at radius 2 is 1.86 bits per heavy atom. The number of nitrogens with zero attached hydrogens (tertiary/aromatic N) is 3. The third-order valence-electron chi connectivity index (χ3n) is 4.52. The lowest BCUT2D eigenvalue weighted by molar-refractivity contribution is 0.0947. The quantitative estimate of drug-likeness (QED) is 0.534. The lowest BCUT2D eigenvalue weighted by Gasteiger charge is -2.10. The molecule has 1 amide bonds. The molecule has 0 aliphatic carbocycles. The molecular formula is C23H18N4OS. The summed E-state index contributed by atoms with van der Waals surface area (Å²) >= 11 is 1.42. The zero-order valence-corrected chi connectivity index (χ0v) is 16.6. The number of aromatic nitrogens is 2. The molecule has 0 aliphatic heterocycles. The molecule has 0 radical (unpaired) electrons. The van der Waals surface area contributed by atoms with E-state index in [1.165, 1.54) is 11.8 Å². The summed E-state index contributed by atoms with van der Waals surface area (Å²) in [5, 5.41) is 12.3. The number of hydrogen-bond donors (Lipinski definition) is 1. The third-order valence-corrected chi connectivity index (χ3v) is 5.67. The topological polar surface area (TPSA) is 70.2 Å². The Labute approximate surface area is 173 Å². The van der Waals surface area contributed by atoms with E-state index in [1.807, 2.05) is 72.2 Å². The Balaban J connectivity index is 1.53. The first kappa shape index (κ1) is 18.8. The Hall–Kier alpha value is -3.56. The van der Waals surface area contributed by atoms with Gasteiger partial charge in [0.1, 0.15) is 11.7 Å². The van der Waals surface area contributed by atoms with Crippen molar-refractivity contribution < 1.29 is 4.79 Å². The van der Waals surface area contributed by atoms with Gasteiger partial charge in [-0.05, 0) is 42.8 Å². The summed E-state index contributed by atoms with van der Waals surface area (Å²) in [7, 11) is 0. The molecule has 29 heavy (non-hydrogen) atoms. The number of hydrogen-bond acceptors (Lipinski definition) is 4. The van der Waals surface area contributed by atoms with Gasteiger partial charge in [-0.3, -0.25) is 4.79 Å². The van der Waals surface area contributed by atoms with E-state index in [9.17, 15) is 10.1 Å². The number of rotatable bonds is 5. The minimum absolute atomic E-state index is 0.170. The minimum atomic E-state index is -0.170. The molecule has 2 heterocycles. The van der Waals surface area contributed by atoms with Gasteiger partial charge >= 0.3 is 0 Å². The number of aryl methyl sites for hydroxylation is 1. The SMILES string of the molecule is Cc1cccn2cc(CNC(=O)c3ccccc3Sc3ccccc3C#N)nc12. The van der Waals surface area contributed by atoms with Gasteiger partial charge in [-0.15, -0.1) is 0 Å².